The van der Waals surface area contributed by atoms with E-state index in [1.54, 1.807) is 19.1 Å². The van der Waals surface area contributed by atoms with Gasteiger partial charge in [-0.25, -0.2) is 4.39 Å². The van der Waals surface area contributed by atoms with Crippen molar-refractivity contribution in [3.05, 3.63) is 35.1 Å². The van der Waals surface area contributed by atoms with Crippen molar-refractivity contribution in [3.8, 4) is 0 Å². The van der Waals surface area contributed by atoms with Gasteiger partial charge in [0.2, 0.25) is 0 Å². The summed E-state index contributed by atoms with van der Waals surface area (Å²) >= 11 is 0. The molecular formula is C14H20FNO2S. The topological polar surface area (TPSA) is 40.5 Å². The molecule has 1 aliphatic rings. The molecule has 5 heteroatoms. The second-order valence-electron chi connectivity index (χ2n) is 5.00. The van der Waals surface area contributed by atoms with Gasteiger partial charge in [-0.05, 0) is 30.5 Å². The van der Waals surface area contributed by atoms with Gasteiger partial charge in [-0.1, -0.05) is 12.1 Å². The fraction of sp³-hybridized carbons (Fsp3) is 0.571. The summed E-state index contributed by atoms with van der Waals surface area (Å²) in [5, 5.41) is 10.1. The average Bonchev–Trinajstić information content (AvgIpc) is 2.41. The number of nitrogens with zero attached hydrogens (tertiary/aromatic N) is 1. The van der Waals surface area contributed by atoms with Crippen LogP contribution in [0.5, 0.6) is 0 Å². The highest BCUT2D eigenvalue weighted by atomic mass is 32.2. The van der Waals surface area contributed by atoms with Gasteiger partial charge in [0.05, 0.1) is 6.10 Å². The molecule has 1 saturated heterocycles. The number of hydrogen-bond acceptors (Lipinski definition) is 3. The molecule has 0 bridgehead atoms. The van der Waals surface area contributed by atoms with Crippen molar-refractivity contribution in [1.82, 2.24) is 4.90 Å². The van der Waals surface area contributed by atoms with Crippen LogP contribution in [-0.2, 0) is 10.8 Å². The van der Waals surface area contributed by atoms with E-state index in [9.17, 15) is 13.7 Å². The van der Waals surface area contributed by atoms with E-state index >= 15 is 0 Å². The van der Waals surface area contributed by atoms with Gasteiger partial charge in [0.15, 0.2) is 0 Å². The Balaban J connectivity index is 1.85. The van der Waals surface area contributed by atoms with E-state index in [1.165, 1.54) is 6.07 Å². The number of halogens is 1. The lowest BCUT2D eigenvalue weighted by atomic mass is 10.0. The Kier molecular flexibility index (Phi) is 5.07. The highest BCUT2D eigenvalue weighted by Crippen LogP contribution is 2.20. The molecule has 1 aromatic rings. The molecule has 1 aliphatic heterocycles. The fourth-order valence-corrected chi connectivity index (χ4v) is 3.32. The first-order valence-electron chi connectivity index (χ1n) is 6.57. The van der Waals surface area contributed by atoms with Gasteiger partial charge in [0, 0.05) is 41.9 Å². The highest BCUT2D eigenvalue weighted by molar-refractivity contribution is 7.85. The first-order valence-corrected chi connectivity index (χ1v) is 8.06. The lowest BCUT2D eigenvalue weighted by molar-refractivity contribution is 0.144. The predicted molar refractivity (Wildman–Crippen MR) is 75.0 cm³/mol. The number of benzene rings is 1. The highest BCUT2D eigenvalue weighted by Gasteiger charge is 2.17. The normalized spacial score (nSPS) is 19.5. The standard InChI is InChI=1S/C14H20FNO2S/c1-11-2-3-12(10-13(11)15)14(17)4-5-16-6-8-19(18)9-7-16/h2-3,10,14,17H,4-9H2,1H3. The summed E-state index contributed by atoms with van der Waals surface area (Å²) in [6, 6.07) is 4.87. The first-order chi connectivity index (χ1) is 9.06. The van der Waals surface area contributed by atoms with E-state index in [1.807, 2.05) is 0 Å². The number of rotatable bonds is 4. The molecule has 0 aromatic heterocycles. The van der Waals surface area contributed by atoms with Gasteiger partial charge in [-0.15, -0.1) is 0 Å². The van der Waals surface area contributed by atoms with Gasteiger partial charge >= 0.3 is 0 Å². The van der Waals surface area contributed by atoms with E-state index in [-0.39, 0.29) is 5.82 Å². The third-order valence-corrected chi connectivity index (χ3v) is 4.85. The Morgan fingerprint density at radius 1 is 1.42 bits per heavy atom. The molecule has 1 heterocycles. The molecule has 1 atom stereocenters. The summed E-state index contributed by atoms with van der Waals surface area (Å²) in [7, 11) is -0.671. The number of aliphatic hydroxyl groups excluding tert-OH is 1. The molecule has 2 rings (SSSR count). The van der Waals surface area contributed by atoms with Crippen molar-refractivity contribution in [2.24, 2.45) is 0 Å². The van der Waals surface area contributed by atoms with E-state index < -0.39 is 16.9 Å². The second kappa shape index (κ2) is 6.59. The van der Waals surface area contributed by atoms with Crippen molar-refractivity contribution < 1.29 is 13.7 Å². The SMILES string of the molecule is Cc1ccc(C(O)CCN2CCS(=O)CC2)cc1F. The third kappa shape index (κ3) is 4.09. The lowest BCUT2D eigenvalue weighted by Gasteiger charge is -2.27. The van der Waals surface area contributed by atoms with Gasteiger partial charge in [0.25, 0.3) is 0 Å². The molecule has 0 amide bonds. The third-order valence-electron chi connectivity index (χ3n) is 3.57. The molecule has 1 unspecified atom stereocenters. The van der Waals surface area contributed by atoms with Crippen molar-refractivity contribution >= 4 is 10.8 Å². The van der Waals surface area contributed by atoms with Crippen molar-refractivity contribution in [3.63, 3.8) is 0 Å². The number of aliphatic hydroxyl groups is 1. The predicted octanol–water partition coefficient (Wildman–Crippen LogP) is 1.62. The zero-order valence-corrected chi connectivity index (χ0v) is 12.0. The van der Waals surface area contributed by atoms with Crippen LogP contribution in [-0.4, -0.2) is 45.4 Å². The summed E-state index contributed by atoms with van der Waals surface area (Å²) in [4.78, 5) is 2.20. The number of aryl methyl sites for hydroxylation is 1. The molecule has 106 valence electrons. The van der Waals surface area contributed by atoms with Gasteiger partial charge < -0.3 is 10.0 Å². The Hall–Kier alpha value is -0.780. The summed E-state index contributed by atoms with van der Waals surface area (Å²) in [6.07, 6.45) is -0.0580. The number of hydrogen-bond donors (Lipinski definition) is 1. The largest absolute Gasteiger partial charge is 0.388 e. The first kappa shape index (κ1) is 14.6. The van der Waals surface area contributed by atoms with Gasteiger partial charge in [0.1, 0.15) is 5.82 Å². The van der Waals surface area contributed by atoms with Crippen LogP contribution in [0.25, 0.3) is 0 Å². The second-order valence-corrected chi connectivity index (χ2v) is 6.70. The summed E-state index contributed by atoms with van der Waals surface area (Å²) in [5.74, 6) is 1.16. The minimum atomic E-state index is -0.671. The molecular weight excluding hydrogens is 265 g/mol. The quantitative estimate of drug-likeness (QED) is 0.914. The smallest absolute Gasteiger partial charge is 0.126 e. The van der Waals surface area contributed by atoms with Crippen LogP contribution in [0.4, 0.5) is 4.39 Å². The maximum atomic E-state index is 13.4. The molecule has 19 heavy (non-hydrogen) atoms. The van der Waals surface area contributed by atoms with Gasteiger partial charge in [-0.2, -0.15) is 0 Å². The van der Waals surface area contributed by atoms with Crippen LogP contribution < -0.4 is 0 Å². The molecule has 0 saturated carbocycles. The molecule has 0 spiro atoms. The van der Waals surface area contributed by atoms with Crippen LogP contribution in [0.2, 0.25) is 0 Å². The maximum Gasteiger partial charge on any atom is 0.126 e. The van der Waals surface area contributed by atoms with Gasteiger partial charge in [-0.3, -0.25) is 4.21 Å². The van der Waals surface area contributed by atoms with Crippen LogP contribution in [0.3, 0.4) is 0 Å². The van der Waals surface area contributed by atoms with E-state index in [2.05, 4.69) is 4.90 Å². The molecule has 1 N–H and O–H groups in total. The Morgan fingerprint density at radius 2 is 2.11 bits per heavy atom. The summed E-state index contributed by atoms with van der Waals surface area (Å²) in [6.45, 7) is 4.11. The minimum absolute atomic E-state index is 0.273. The van der Waals surface area contributed by atoms with Crippen molar-refractivity contribution in [2.75, 3.05) is 31.1 Å². The van der Waals surface area contributed by atoms with Crippen molar-refractivity contribution in [1.29, 1.82) is 0 Å². The molecule has 0 aliphatic carbocycles. The zero-order valence-electron chi connectivity index (χ0n) is 11.1. The van der Waals surface area contributed by atoms with Crippen LogP contribution in [0.1, 0.15) is 23.7 Å². The van der Waals surface area contributed by atoms with Crippen molar-refractivity contribution in [2.45, 2.75) is 19.4 Å². The average molecular weight is 285 g/mol. The maximum absolute atomic E-state index is 13.4. The zero-order chi connectivity index (χ0) is 13.8. The van der Waals surface area contributed by atoms with Crippen LogP contribution in [0, 0.1) is 12.7 Å². The summed E-state index contributed by atoms with van der Waals surface area (Å²) < 4.78 is 24.7. The lowest BCUT2D eigenvalue weighted by Crippen LogP contribution is -2.38. The van der Waals surface area contributed by atoms with E-state index in [4.69, 9.17) is 0 Å². The van der Waals surface area contributed by atoms with Crippen LogP contribution in [0.15, 0.2) is 18.2 Å². The fourth-order valence-electron chi connectivity index (χ4n) is 2.19. The van der Waals surface area contributed by atoms with E-state index in [0.29, 0.717) is 17.5 Å². The minimum Gasteiger partial charge on any atom is -0.388 e. The summed E-state index contributed by atoms with van der Waals surface area (Å²) in [5.41, 5.74) is 1.22. The molecule has 3 nitrogen and oxygen atoms in total. The van der Waals surface area contributed by atoms with E-state index in [0.717, 1.165) is 31.1 Å². The molecule has 1 fully saturated rings. The van der Waals surface area contributed by atoms with Crippen LogP contribution >= 0.6 is 0 Å². The Morgan fingerprint density at radius 3 is 2.74 bits per heavy atom. The Labute approximate surface area is 115 Å². The Bertz CT molecular complexity index is 457. The molecule has 1 aromatic carbocycles. The monoisotopic (exact) mass is 285 g/mol. The molecule has 0 radical (unpaired) electrons.